The SMILES string of the molecule is Cc1ccc([C@H](C2CC2)[C@H](C)OC(=O)[C@H](C)NC(=O)OC(C)(C)C)cc1. The van der Waals surface area contributed by atoms with Crippen LogP contribution in [0, 0.1) is 12.8 Å². The number of carbonyl (C=O) groups is 2. The van der Waals surface area contributed by atoms with Crippen molar-refractivity contribution in [3.8, 4) is 0 Å². The van der Waals surface area contributed by atoms with Crippen molar-refractivity contribution >= 4 is 12.1 Å². The topological polar surface area (TPSA) is 64.6 Å². The van der Waals surface area contributed by atoms with Crippen LogP contribution in [0.5, 0.6) is 0 Å². The Labute approximate surface area is 156 Å². The third-order valence-corrected chi connectivity index (χ3v) is 4.49. The van der Waals surface area contributed by atoms with Crippen molar-refractivity contribution < 1.29 is 19.1 Å². The number of rotatable bonds is 6. The summed E-state index contributed by atoms with van der Waals surface area (Å²) in [5.74, 6) is 0.295. The van der Waals surface area contributed by atoms with Crippen LogP contribution in [0.1, 0.15) is 64.5 Å². The molecule has 5 nitrogen and oxygen atoms in total. The molecule has 26 heavy (non-hydrogen) atoms. The van der Waals surface area contributed by atoms with Gasteiger partial charge in [-0.15, -0.1) is 0 Å². The minimum absolute atomic E-state index is 0.188. The minimum atomic E-state index is -0.759. The Kier molecular flexibility index (Phi) is 6.32. The van der Waals surface area contributed by atoms with Crippen molar-refractivity contribution in [2.24, 2.45) is 5.92 Å². The van der Waals surface area contributed by atoms with Crippen LogP contribution in [0.4, 0.5) is 4.79 Å². The van der Waals surface area contributed by atoms with Crippen LogP contribution in [0.25, 0.3) is 0 Å². The predicted molar refractivity (Wildman–Crippen MR) is 101 cm³/mol. The predicted octanol–water partition coefficient (Wildman–Crippen LogP) is 4.33. The second-order valence-corrected chi connectivity index (χ2v) is 8.28. The summed E-state index contributed by atoms with van der Waals surface area (Å²) in [6, 6.07) is 7.65. The quantitative estimate of drug-likeness (QED) is 0.766. The molecule has 1 amide bonds. The van der Waals surface area contributed by atoms with E-state index in [4.69, 9.17) is 9.47 Å². The van der Waals surface area contributed by atoms with Gasteiger partial charge in [-0.05, 0) is 65.9 Å². The molecule has 0 unspecified atom stereocenters. The highest BCUT2D eigenvalue weighted by atomic mass is 16.6. The number of hydrogen-bond acceptors (Lipinski definition) is 4. The third kappa shape index (κ3) is 6.04. The lowest BCUT2D eigenvalue weighted by atomic mass is 9.89. The van der Waals surface area contributed by atoms with Crippen LogP contribution < -0.4 is 5.32 Å². The second-order valence-electron chi connectivity index (χ2n) is 8.28. The van der Waals surface area contributed by atoms with Gasteiger partial charge in [0, 0.05) is 5.92 Å². The molecule has 1 aliphatic carbocycles. The molecule has 144 valence electrons. The number of amides is 1. The zero-order valence-electron chi connectivity index (χ0n) is 16.7. The maximum absolute atomic E-state index is 12.4. The number of aryl methyl sites for hydroxylation is 1. The first-order valence-corrected chi connectivity index (χ1v) is 9.33. The molecule has 2 rings (SSSR count). The van der Waals surface area contributed by atoms with Crippen molar-refractivity contribution in [1.82, 2.24) is 5.32 Å². The maximum atomic E-state index is 12.4. The summed E-state index contributed by atoms with van der Waals surface area (Å²) in [4.78, 5) is 24.2. The van der Waals surface area contributed by atoms with E-state index in [0.717, 1.165) is 12.8 Å². The number of esters is 1. The molecular weight excluding hydrogens is 330 g/mol. The monoisotopic (exact) mass is 361 g/mol. The van der Waals surface area contributed by atoms with Crippen LogP contribution in [0.3, 0.4) is 0 Å². The number of hydrogen-bond donors (Lipinski definition) is 1. The van der Waals surface area contributed by atoms with Crippen LogP contribution in [0.15, 0.2) is 24.3 Å². The van der Waals surface area contributed by atoms with Gasteiger partial charge in [0.1, 0.15) is 17.7 Å². The van der Waals surface area contributed by atoms with Gasteiger partial charge in [-0.3, -0.25) is 0 Å². The van der Waals surface area contributed by atoms with Crippen LogP contribution in [-0.4, -0.2) is 29.8 Å². The normalized spacial score (nSPS) is 17.8. The molecular formula is C21H31NO4. The molecule has 1 aliphatic rings. The lowest BCUT2D eigenvalue weighted by molar-refractivity contribution is -0.151. The van der Waals surface area contributed by atoms with E-state index >= 15 is 0 Å². The highest BCUT2D eigenvalue weighted by Crippen LogP contribution is 2.45. The first kappa shape index (κ1) is 20.3. The Hall–Kier alpha value is -2.04. The molecule has 0 bridgehead atoms. The van der Waals surface area contributed by atoms with Gasteiger partial charge < -0.3 is 14.8 Å². The van der Waals surface area contributed by atoms with E-state index in [9.17, 15) is 9.59 Å². The van der Waals surface area contributed by atoms with Gasteiger partial charge in [0.2, 0.25) is 0 Å². The summed E-state index contributed by atoms with van der Waals surface area (Å²) < 4.78 is 10.9. The van der Waals surface area contributed by atoms with E-state index < -0.39 is 23.7 Å². The summed E-state index contributed by atoms with van der Waals surface area (Å²) in [7, 11) is 0. The zero-order chi connectivity index (χ0) is 19.5. The summed E-state index contributed by atoms with van der Waals surface area (Å²) in [6.07, 6.45) is 1.45. The van der Waals surface area contributed by atoms with Gasteiger partial charge in [0.05, 0.1) is 0 Å². The van der Waals surface area contributed by atoms with Crippen molar-refractivity contribution in [2.75, 3.05) is 0 Å². The number of alkyl carbamates (subject to hydrolysis) is 1. The van der Waals surface area contributed by atoms with Crippen molar-refractivity contribution in [3.63, 3.8) is 0 Å². The van der Waals surface area contributed by atoms with Gasteiger partial charge in [-0.1, -0.05) is 29.8 Å². The molecule has 0 heterocycles. The van der Waals surface area contributed by atoms with Gasteiger partial charge in [-0.2, -0.15) is 0 Å². The van der Waals surface area contributed by atoms with E-state index in [1.807, 2.05) is 6.92 Å². The van der Waals surface area contributed by atoms with Crippen molar-refractivity contribution in [3.05, 3.63) is 35.4 Å². The number of ether oxygens (including phenoxy) is 2. The first-order valence-electron chi connectivity index (χ1n) is 9.33. The van der Waals surface area contributed by atoms with Gasteiger partial charge in [-0.25, -0.2) is 9.59 Å². The Balaban J connectivity index is 1.95. The standard InChI is InChI=1S/C21H31NO4/c1-13-7-9-16(10-8-13)18(17-11-12-17)15(3)25-19(23)14(2)22-20(24)26-21(4,5)6/h7-10,14-15,17-18H,11-12H2,1-6H3,(H,22,24)/t14-,15-,18+/m0/s1. The second kappa shape index (κ2) is 8.11. The third-order valence-electron chi connectivity index (χ3n) is 4.49. The van der Waals surface area contributed by atoms with E-state index in [-0.39, 0.29) is 12.0 Å². The zero-order valence-corrected chi connectivity index (χ0v) is 16.7. The fourth-order valence-electron chi connectivity index (χ4n) is 3.07. The fraction of sp³-hybridized carbons (Fsp3) is 0.619. The first-order chi connectivity index (χ1) is 12.1. The van der Waals surface area contributed by atoms with Crippen LogP contribution >= 0.6 is 0 Å². The Morgan fingerprint density at radius 3 is 2.19 bits per heavy atom. The fourth-order valence-corrected chi connectivity index (χ4v) is 3.07. The largest absolute Gasteiger partial charge is 0.460 e. The molecule has 0 aliphatic heterocycles. The molecule has 0 radical (unpaired) electrons. The molecule has 0 aromatic heterocycles. The number of nitrogens with one attached hydrogen (secondary N) is 1. The molecule has 3 atom stereocenters. The summed E-state index contributed by atoms with van der Waals surface area (Å²) in [5, 5.41) is 2.54. The summed E-state index contributed by atoms with van der Waals surface area (Å²) in [6.45, 7) is 10.9. The molecule has 5 heteroatoms. The average Bonchev–Trinajstić information content (AvgIpc) is 3.32. The number of benzene rings is 1. The lowest BCUT2D eigenvalue weighted by Gasteiger charge is -2.26. The molecule has 1 fully saturated rings. The summed E-state index contributed by atoms with van der Waals surface area (Å²) >= 11 is 0. The van der Waals surface area contributed by atoms with Gasteiger partial charge in [0.25, 0.3) is 0 Å². The lowest BCUT2D eigenvalue weighted by Crippen LogP contribution is -2.43. The molecule has 1 N–H and O–H groups in total. The van der Waals surface area contributed by atoms with E-state index in [1.165, 1.54) is 11.1 Å². The molecule has 0 saturated heterocycles. The molecule has 1 aromatic carbocycles. The van der Waals surface area contributed by atoms with Gasteiger partial charge in [0.15, 0.2) is 0 Å². The van der Waals surface area contributed by atoms with E-state index in [0.29, 0.717) is 5.92 Å². The minimum Gasteiger partial charge on any atom is -0.460 e. The van der Waals surface area contributed by atoms with Gasteiger partial charge >= 0.3 is 12.1 Å². The van der Waals surface area contributed by atoms with E-state index in [1.54, 1.807) is 27.7 Å². The average molecular weight is 361 g/mol. The van der Waals surface area contributed by atoms with E-state index in [2.05, 4.69) is 36.5 Å². The molecule has 0 spiro atoms. The summed E-state index contributed by atoms with van der Waals surface area (Å²) in [5.41, 5.74) is 1.80. The smallest absolute Gasteiger partial charge is 0.408 e. The maximum Gasteiger partial charge on any atom is 0.408 e. The number of carbonyl (C=O) groups excluding carboxylic acids is 2. The highest BCUT2D eigenvalue weighted by molar-refractivity contribution is 5.81. The van der Waals surface area contributed by atoms with Crippen molar-refractivity contribution in [1.29, 1.82) is 0 Å². The highest BCUT2D eigenvalue weighted by Gasteiger charge is 2.38. The molecule has 1 aromatic rings. The Bertz CT molecular complexity index is 628. The Morgan fingerprint density at radius 1 is 1.12 bits per heavy atom. The molecule has 1 saturated carbocycles. The van der Waals surface area contributed by atoms with Crippen LogP contribution in [-0.2, 0) is 14.3 Å². The Morgan fingerprint density at radius 2 is 1.69 bits per heavy atom. The van der Waals surface area contributed by atoms with Crippen LogP contribution in [0.2, 0.25) is 0 Å². The van der Waals surface area contributed by atoms with Crippen molar-refractivity contribution in [2.45, 2.75) is 78.0 Å².